The van der Waals surface area contributed by atoms with Crippen LogP contribution in [0.5, 0.6) is 5.75 Å². The van der Waals surface area contributed by atoms with Gasteiger partial charge in [0, 0.05) is 18.5 Å². The second-order valence-electron chi connectivity index (χ2n) is 6.26. The molecule has 0 heterocycles. The molecule has 2 aliphatic rings. The molecular weight excluding hydrogens is 248 g/mol. The Morgan fingerprint density at radius 2 is 2.20 bits per heavy atom. The Morgan fingerprint density at radius 3 is 2.90 bits per heavy atom. The van der Waals surface area contributed by atoms with E-state index >= 15 is 0 Å². The van der Waals surface area contributed by atoms with Crippen LogP contribution in [0.2, 0.25) is 0 Å². The van der Waals surface area contributed by atoms with E-state index in [1.54, 1.807) is 7.11 Å². The van der Waals surface area contributed by atoms with Gasteiger partial charge in [-0.25, -0.2) is 0 Å². The van der Waals surface area contributed by atoms with Crippen LogP contribution < -0.4 is 10.1 Å². The minimum absolute atomic E-state index is 0.572. The first-order valence-electron chi connectivity index (χ1n) is 7.42. The fraction of sp³-hybridized carbons (Fsp3) is 0.529. The van der Waals surface area contributed by atoms with Crippen LogP contribution in [0.1, 0.15) is 18.4 Å². The maximum absolute atomic E-state index is 5.49. The summed E-state index contributed by atoms with van der Waals surface area (Å²) in [5, 5.41) is 3.69. The van der Waals surface area contributed by atoms with Gasteiger partial charge in [-0.15, -0.1) is 0 Å². The summed E-state index contributed by atoms with van der Waals surface area (Å²) in [5.74, 6) is 2.54. The molecule has 3 nitrogen and oxygen atoms in total. The summed E-state index contributed by atoms with van der Waals surface area (Å²) < 4.78 is 5.49. The van der Waals surface area contributed by atoms with E-state index in [4.69, 9.17) is 4.74 Å². The van der Waals surface area contributed by atoms with Crippen LogP contribution in [-0.2, 0) is 6.54 Å². The van der Waals surface area contributed by atoms with Gasteiger partial charge in [-0.05, 0) is 50.6 Å². The van der Waals surface area contributed by atoms with Crippen molar-refractivity contribution in [3.05, 3.63) is 35.9 Å². The Labute approximate surface area is 121 Å². The lowest BCUT2D eigenvalue weighted by atomic mass is 9.71. The second kappa shape index (κ2) is 5.49. The quantitative estimate of drug-likeness (QED) is 0.833. The molecule has 1 aromatic carbocycles. The summed E-state index contributed by atoms with van der Waals surface area (Å²) in [7, 11) is 5.93. The van der Waals surface area contributed by atoms with Gasteiger partial charge in [0.1, 0.15) is 5.75 Å². The smallest absolute Gasteiger partial charge is 0.141 e. The minimum atomic E-state index is 0.572. The number of rotatable bonds is 5. The third-order valence-electron chi connectivity index (χ3n) is 4.47. The van der Waals surface area contributed by atoms with E-state index in [1.165, 1.54) is 18.4 Å². The highest BCUT2D eigenvalue weighted by Crippen LogP contribution is 2.44. The van der Waals surface area contributed by atoms with Crippen molar-refractivity contribution in [1.82, 2.24) is 4.90 Å². The summed E-state index contributed by atoms with van der Waals surface area (Å²) in [4.78, 5) is 2.19. The molecule has 0 amide bonds. The predicted octanol–water partition coefficient (Wildman–Crippen LogP) is 3.13. The topological polar surface area (TPSA) is 24.5 Å². The first kappa shape index (κ1) is 13.5. The fourth-order valence-electron chi connectivity index (χ4n) is 3.41. The van der Waals surface area contributed by atoms with E-state index in [1.807, 2.05) is 0 Å². The molecule has 20 heavy (non-hydrogen) atoms. The van der Waals surface area contributed by atoms with Gasteiger partial charge in [-0.1, -0.05) is 18.2 Å². The molecule has 3 unspecified atom stereocenters. The first-order valence-corrected chi connectivity index (χ1v) is 7.42. The molecule has 0 bridgehead atoms. The normalized spacial score (nSPS) is 27.3. The maximum Gasteiger partial charge on any atom is 0.141 e. The van der Waals surface area contributed by atoms with Crippen molar-refractivity contribution in [2.24, 2.45) is 11.8 Å². The molecule has 3 heteroatoms. The third-order valence-corrected chi connectivity index (χ3v) is 4.47. The number of methoxy groups -OCH3 is 1. The lowest BCUT2D eigenvalue weighted by molar-refractivity contribution is 0.217. The van der Waals surface area contributed by atoms with Crippen molar-refractivity contribution in [3.8, 4) is 5.75 Å². The summed E-state index contributed by atoms with van der Waals surface area (Å²) in [5.41, 5.74) is 2.45. The van der Waals surface area contributed by atoms with Crippen molar-refractivity contribution in [2.75, 3.05) is 26.5 Å². The van der Waals surface area contributed by atoms with E-state index in [2.05, 4.69) is 54.7 Å². The molecule has 3 atom stereocenters. The predicted molar refractivity (Wildman–Crippen MR) is 83.1 cm³/mol. The van der Waals surface area contributed by atoms with E-state index < -0.39 is 0 Å². The highest BCUT2D eigenvalue weighted by molar-refractivity contribution is 5.59. The van der Waals surface area contributed by atoms with Crippen molar-refractivity contribution >= 4 is 5.69 Å². The minimum Gasteiger partial charge on any atom is -0.495 e. The monoisotopic (exact) mass is 272 g/mol. The lowest BCUT2D eigenvalue weighted by Crippen LogP contribution is -2.43. The molecule has 0 radical (unpaired) electrons. The molecule has 0 aliphatic heterocycles. The van der Waals surface area contributed by atoms with E-state index in [9.17, 15) is 0 Å². The van der Waals surface area contributed by atoms with Gasteiger partial charge in [0.15, 0.2) is 0 Å². The van der Waals surface area contributed by atoms with E-state index in [0.717, 1.165) is 29.8 Å². The number of benzene rings is 1. The molecule has 1 N–H and O–H groups in total. The number of allylic oxidation sites excluding steroid dienone is 1. The summed E-state index contributed by atoms with van der Waals surface area (Å²) in [6.07, 6.45) is 7.25. The first-order chi connectivity index (χ1) is 9.67. The van der Waals surface area contributed by atoms with Crippen molar-refractivity contribution in [1.29, 1.82) is 0 Å². The highest BCUT2D eigenvalue weighted by Gasteiger charge is 2.41. The van der Waals surface area contributed by atoms with Gasteiger partial charge >= 0.3 is 0 Å². The summed E-state index contributed by atoms with van der Waals surface area (Å²) in [6, 6.07) is 7.01. The molecule has 0 aromatic heterocycles. The zero-order chi connectivity index (χ0) is 14.1. The molecule has 1 fully saturated rings. The summed E-state index contributed by atoms with van der Waals surface area (Å²) >= 11 is 0. The molecular formula is C17H24N2O. The molecule has 3 rings (SSSR count). The van der Waals surface area contributed by atoms with Gasteiger partial charge in [0.25, 0.3) is 0 Å². The Hall–Kier alpha value is -1.48. The fourth-order valence-corrected chi connectivity index (χ4v) is 3.41. The molecule has 1 saturated carbocycles. The Balaban J connectivity index is 1.74. The summed E-state index contributed by atoms with van der Waals surface area (Å²) in [6.45, 7) is 0.954. The molecule has 108 valence electrons. The number of nitrogens with zero attached hydrogens (tertiary/aromatic N) is 1. The van der Waals surface area contributed by atoms with Gasteiger partial charge < -0.3 is 15.0 Å². The Bertz CT molecular complexity index is 510. The average Bonchev–Trinajstić information content (AvgIpc) is 2.77. The van der Waals surface area contributed by atoms with E-state index in [-0.39, 0.29) is 0 Å². The maximum atomic E-state index is 5.49. The number of anilines is 1. The van der Waals surface area contributed by atoms with Crippen LogP contribution in [0.25, 0.3) is 0 Å². The number of nitrogens with one attached hydrogen (secondary N) is 1. The molecule has 1 aromatic rings. The van der Waals surface area contributed by atoms with Crippen molar-refractivity contribution in [2.45, 2.75) is 25.4 Å². The molecule has 0 spiro atoms. The van der Waals surface area contributed by atoms with Crippen LogP contribution in [0.15, 0.2) is 30.4 Å². The van der Waals surface area contributed by atoms with Crippen LogP contribution >= 0.6 is 0 Å². The van der Waals surface area contributed by atoms with Crippen LogP contribution in [0.3, 0.4) is 0 Å². The zero-order valence-electron chi connectivity index (χ0n) is 12.6. The van der Waals surface area contributed by atoms with Gasteiger partial charge in [0.2, 0.25) is 0 Å². The van der Waals surface area contributed by atoms with Crippen LogP contribution in [0, 0.1) is 11.8 Å². The van der Waals surface area contributed by atoms with Crippen molar-refractivity contribution < 1.29 is 4.74 Å². The average molecular weight is 272 g/mol. The van der Waals surface area contributed by atoms with Gasteiger partial charge in [-0.3, -0.25) is 0 Å². The SMILES string of the molecule is COc1ccc(CN(C)C)cc1NC1CC2CC=CC21. The zero-order valence-corrected chi connectivity index (χ0v) is 12.6. The molecule has 2 aliphatic carbocycles. The number of hydrogen-bond acceptors (Lipinski definition) is 3. The number of hydrogen-bond donors (Lipinski definition) is 1. The third kappa shape index (κ3) is 2.55. The van der Waals surface area contributed by atoms with Crippen LogP contribution in [-0.4, -0.2) is 32.1 Å². The Kier molecular flexibility index (Phi) is 3.70. The molecule has 0 saturated heterocycles. The highest BCUT2D eigenvalue weighted by atomic mass is 16.5. The standard InChI is InChI=1S/C17H24N2O/c1-19(2)11-12-7-8-17(20-3)16(9-12)18-15-10-13-5-4-6-14(13)15/h4,6-9,13-15,18H,5,10-11H2,1-3H3. The lowest BCUT2D eigenvalue weighted by Gasteiger charge is -2.41. The number of ether oxygens (including phenoxy) is 1. The van der Waals surface area contributed by atoms with Crippen LogP contribution in [0.4, 0.5) is 5.69 Å². The second-order valence-corrected chi connectivity index (χ2v) is 6.26. The Morgan fingerprint density at radius 1 is 1.35 bits per heavy atom. The van der Waals surface area contributed by atoms with E-state index in [0.29, 0.717) is 6.04 Å². The van der Waals surface area contributed by atoms with Gasteiger partial charge in [-0.2, -0.15) is 0 Å². The van der Waals surface area contributed by atoms with Gasteiger partial charge in [0.05, 0.1) is 12.8 Å². The van der Waals surface area contributed by atoms with Crippen molar-refractivity contribution in [3.63, 3.8) is 0 Å². The largest absolute Gasteiger partial charge is 0.495 e. The number of fused-ring (bicyclic) bond motifs is 1.